The van der Waals surface area contributed by atoms with E-state index in [0.29, 0.717) is 132 Å². The second-order valence-corrected chi connectivity index (χ2v) is 27.5. The van der Waals surface area contributed by atoms with Gasteiger partial charge in [-0.25, -0.2) is 0 Å². The first kappa shape index (κ1) is 90.5. The molecular weight excluding hydrogens is 1290 g/mol. The predicted molar refractivity (Wildman–Crippen MR) is 394 cm³/mol. The topological polar surface area (TPSA) is 238 Å². The van der Waals surface area contributed by atoms with Gasteiger partial charge in [0.2, 0.25) is 0 Å². The fraction of sp³-hybridized carbons (Fsp3) is 0.766. The minimum absolute atomic E-state index is 0.0924. The lowest BCUT2D eigenvalue weighted by molar-refractivity contribution is -0.0867. The summed E-state index contributed by atoms with van der Waals surface area (Å²) in [5.41, 5.74) is 6.62. The van der Waals surface area contributed by atoms with Gasteiger partial charge in [-0.05, 0) is 164 Å². The Kier molecular flexibility index (Phi) is 48.0. The molecule has 0 fully saturated rings. The average molecular weight is 1420 g/mol. The van der Waals surface area contributed by atoms with Gasteiger partial charge in [-0.1, -0.05) is 36.4 Å². The molecule has 23 heteroatoms. The summed E-state index contributed by atoms with van der Waals surface area (Å²) >= 11 is 0. The highest BCUT2D eigenvalue weighted by Crippen LogP contribution is 2.35. The van der Waals surface area contributed by atoms with Crippen molar-refractivity contribution >= 4 is 17.1 Å². The van der Waals surface area contributed by atoms with E-state index < -0.39 is 24.4 Å². The minimum atomic E-state index is -0.530. The number of rotatable bonds is 62. The molecule has 0 bridgehead atoms. The van der Waals surface area contributed by atoms with Crippen molar-refractivity contribution in [3.63, 3.8) is 0 Å². The van der Waals surface area contributed by atoms with Gasteiger partial charge in [0, 0.05) is 63.3 Å². The number of aliphatic hydroxyl groups is 4. The van der Waals surface area contributed by atoms with Crippen LogP contribution in [0.5, 0.6) is 0 Å². The van der Waals surface area contributed by atoms with Crippen molar-refractivity contribution in [2.45, 2.75) is 214 Å². The highest BCUT2D eigenvalue weighted by molar-refractivity contribution is 5.56. The van der Waals surface area contributed by atoms with Crippen molar-refractivity contribution in [1.29, 1.82) is 0 Å². The second-order valence-electron chi connectivity index (χ2n) is 27.5. The van der Waals surface area contributed by atoms with Crippen LogP contribution in [-0.2, 0) is 75.8 Å². The predicted octanol–water partition coefficient (Wildman–Crippen LogP) is 9.00. The molecular formula is C77H135N3O20. The second kappa shape index (κ2) is 53.1. The molecule has 16 unspecified atom stereocenters. The zero-order valence-electron chi connectivity index (χ0n) is 64.4. The molecule has 0 saturated heterocycles. The van der Waals surface area contributed by atoms with Gasteiger partial charge in [0.25, 0.3) is 0 Å². The fourth-order valence-corrected chi connectivity index (χ4v) is 9.92. The van der Waals surface area contributed by atoms with Crippen molar-refractivity contribution < 1.29 is 96.2 Å². The summed E-state index contributed by atoms with van der Waals surface area (Å²) in [4.78, 5) is 6.70. The summed E-state index contributed by atoms with van der Waals surface area (Å²) in [6.07, 6.45) is -3.91. The van der Waals surface area contributed by atoms with Gasteiger partial charge in [-0.3, -0.25) is 0 Å². The van der Waals surface area contributed by atoms with Crippen molar-refractivity contribution in [2.75, 3.05) is 187 Å². The lowest BCUT2D eigenvalue weighted by Crippen LogP contribution is -2.33. The maximum absolute atomic E-state index is 9.57. The van der Waals surface area contributed by atoms with Crippen LogP contribution >= 0.6 is 0 Å². The highest BCUT2D eigenvalue weighted by atomic mass is 16.6. The Bertz CT molecular complexity index is 2180. The molecule has 3 aromatic rings. The smallest absolute Gasteiger partial charge is 0.0781 e. The maximum atomic E-state index is 9.57. The van der Waals surface area contributed by atoms with Gasteiger partial charge in [0.15, 0.2) is 0 Å². The van der Waals surface area contributed by atoms with Crippen LogP contribution in [0.3, 0.4) is 0 Å². The minimum Gasteiger partial charge on any atom is -0.391 e. The monoisotopic (exact) mass is 1420 g/mol. The van der Waals surface area contributed by atoms with Crippen LogP contribution in [0.25, 0.3) is 0 Å². The van der Waals surface area contributed by atoms with Gasteiger partial charge in [-0.15, -0.1) is 0 Å². The van der Waals surface area contributed by atoms with Crippen LogP contribution in [0.1, 0.15) is 133 Å². The summed E-state index contributed by atoms with van der Waals surface area (Å²) in [7, 11) is 4.10. The maximum Gasteiger partial charge on any atom is 0.0781 e. The standard InChI is InChI=1S/C77H135N3O20/c1-55(81)39-89-63(9)47-97-67(13)51-93-59(5)43-85-35-31-79(32-36-86-44-60(6)94-52-68(14)98-48-64(10)90-40-56(2)82)75-27-21-72(22-28-75)77(71-19-25-74(26-20-71)78(17)18)73-23-29-76(30-24-73)80(33-37-87-45-61(7)95-53-69(15)99-49-65(11)91-41-57(3)83)34-38-88-46-62(8)96-54-70(16)100-50-66(12)92-42-58(4)84/h19-30,55-70,77,81-84H,31-54H2,1-18H3. The summed E-state index contributed by atoms with van der Waals surface area (Å²) in [6, 6.07) is 26.5. The fourth-order valence-electron chi connectivity index (χ4n) is 9.92. The van der Waals surface area contributed by atoms with Gasteiger partial charge < -0.3 is 111 Å². The van der Waals surface area contributed by atoms with Crippen molar-refractivity contribution in [2.24, 2.45) is 0 Å². The Morgan fingerprint density at radius 2 is 0.410 bits per heavy atom. The number of anilines is 3. The van der Waals surface area contributed by atoms with Gasteiger partial charge in [0.05, 0.1) is 230 Å². The lowest BCUT2D eigenvalue weighted by Gasteiger charge is -2.28. The third-order valence-corrected chi connectivity index (χ3v) is 15.8. The van der Waals surface area contributed by atoms with Gasteiger partial charge >= 0.3 is 0 Å². The molecule has 0 saturated carbocycles. The van der Waals surface area contributed by atoms with Crippen molar-refractivity contribution in [3.05, 3.63) is 89.5 Å². The molecule has 0 aromatic heterocycles. The number of benzene rings is 3. The number of nitrogens with zero attached hydrogens (tertiary/aromatic N) is 3. The first-order valence-corrected chi connectivity index (χ1v) is 36.6. The van der Waals surface area contributed by atoms with Crippen LogP contribution in [0.15, 0.2) is 72.8 Å². The van der Waals surface area contributed by atoms with E-state index in [2.05, 4.69) is 102 Å². The molecule has 16 atom stereocenters. The van der Waals surface area contributed by atoms with Gasteiger partial charge in [-0.2, -0.15) is 0 Å². The summed E-state index contributed by atoms with van der Waals surface area (Å²) in [5, 5.41) is 38.3. The van der Waals surface area contributed by atoms with Crippen LogP contribution < -0.4 is 14.7 Å². The Labute approximate surface area is 601 Å². The molecule has 4 N–H and O–H groups in total. The van der Waals surface area contributed by atoms with Crippen LogP contribution in [0.2, 0.25) is 0 Å². The molecule has 100 heavy (non-hydrogen) atoms. The Morgan fingerprint density at radius 3 is 0.590 bits per heavy atom. The average Bonchev–Trinajstić information content (AvgIpc) is 0.800. The zero-order valence-corrected chi connectivity index (χ0v) is 64.4. The molecule has 0 aliphatic heterocycles. The third-order valence-electron chi connectivity index (χ3n) is 15.8. The summed E-state index contributed by atoms with van der Waals surface area (Å²) in [5.74, 6) is -0.0924. The lowest BCUT2D eigenvalue weighted by atomic mass is 9.85. The zero-order chi connectivity index (χ0) is 73.8. The van der Waals surface area contributed by atoms with E-state index in [9.17, 15) is 20.4 Å². The number of hydrogen-bond donors (Lipinski definition) is 4. The van der Waals surface area contributed by atoms with E-state index in [1.54, 1.807) is 27.7 Å². The molecule has 0 aliphatic rings. The Hall–Kier alpha value is -3.74. The largest absolute Gasteiger partial charge is 0.391 e. The van der Waals surface area contributed by atoms with Crippen LogP contribution in [0.4, 0.5) is 17.1 Å². The van der Waals surface area contributed by atoms with E-state index in [4.69, 9.17) is 75.8 Å². The van der Waals surface area contributed by atoms with E-state index in [1.807, 2.05) is 83.1 Å². The molecule has 0 radical (unpaired) electrons. The molecule has 23 nitrogen and oxygen atoms in total. The van der Waals surface area contributed by atoms with Gasteiger partial charge in [0.1, 0.15) is 0 Å². The van der Waals surface area contributed by atoms with Crippen molar-refractivity contribution in [1.82, 2.24) is 0 Å². The Balaban J connectivity index is 1.82. The SMILES string of the molecule is CC(O)COC(C)COC(C)COC(C)COCCN(CCOCC(C)OCC(C)OCC(C)OCC(C)O)c1ccc(C(c2ccc(N(C)C)cc2)c2ccc(N(CCOCC(C)OCC(C)OCC(C)OCC(C)O)CCOCC(C)OCC(C)OCC(C)OCC(C)O)cc2)cc1. The van der Waals surface area contributed by atoms with Crippen LogP contribution in [-0.4, -0.2) is 291 Å². The third kappa shape index (κ3) is 42.9. The molecule has 3 aromatic carbocycles. The molecule has 3 rings (SSSR count). The van der Waals surface area contributed by atoms with Crippen molar-refractivity contribution in [3.8, 4) is 0 Å². The van der Waals surface area contributed by atoms with E-state index >= 15 is 0 Å². The van der Waals surface area contributed by atoms with Crippen LogP contribution in [0, 0.1) is 0 Å². The van der Waals surface area contributed by atoms with E-state index in [1.165, 1.54) is 0 Å². The highest BCUT2D eigenvalue weighted by Gasteiger charge is 2.22. The number of aliphatic hydroxyl groups excluding tert-OH is 4. The first-order chi connectivity index (χ1) is 47.7. The molecule has 0 heterocycles. The number of ether oxygens (including phenoxy) is 16. The van der Waals surface area contributed by atoms with E-state index in [0.717, 1.165) is 33.8 Å². The molecule has 0 amide bonds. The molecule has 0 aliphatic carbocycles. The molecule has 578 valence electrons. The summed E-state index contributed by atoms with van der Waals surface area (Å²) in [6.45, 7) is 40.6. The van der Waals surface area contributed by atoms with E-state index in [-0.39, 0.29) is 106 Å². The normalized spacial score (nSPS) is 17.2. The first-order valence-electron chi connectivity index (χ1n) is 36.6. The molecule has 0 spiro atoms. The number of hydrogen-bond acceptors (Lipinski definition) is 23. The summed E-state index contributed by atoms with van der Waals surface area (Å²) < 4.78 is 95.9. The quantitative estimate of drug-likeness (QED) is 0.0305. The Morgan fingerprint density at radius 1 is 0.240 bits per heavy atom.